The van der Waals surface area contributed by atoms with Gasteiger partial charge in [0.05, 0.1) is 16.7 Å². The summed E-state index contributed by atoms with van der Waals surface area (Å²) >= 11 is 0. The standard InChI is InChI=1S/C27H24F5N9O/c28-23(24(42)25(29)41-15-34-37-38-41)21-7-3-17(14-33-21)16-1-4-18(5-2-16)39-9-11-40(12-10-39)19-6-8-20-22(13-19)36-26(35-20)27(30,31)32/h1-8,13-15,23-25,42H,9-12H2,(H,35,36). The first kappa shape index (κ1) is 27.5. The van der Waals surface area contributed by atoms with Crippen LogP contribution in [0.3, 0.4) is 0 Å². The van der Waals surface area contributed by atoms with Crippen LogP contribution in [0, 0.1) is 0 Å². The van der Waals surface area contributed by atoms with Gasteiger partial charge in [-0.1, -0.05) is 18.2 Å². The number of aromatic amines is 1. The summed E-state index contributed by atoms with van der Waals surface area (Å²) in [6.07, 6.45) is -8.42. The average Bonchev–Trinajstić information content (AvgIpc) is 3.71. The van der Waals surface area contributed by atoms with Crippen LogP contribution in [0.25, 0.3) is 22.2 Å². The van der Waals surface area contributed by atoms with E-state index in [9.17, 15) is 27.1 Å². The SMILES string of the molecule is OC(C(F)c1ccc(-c2ccc(N3CCN(c4ccc5nc(C(F)(F)F)[nH]c5c4)CC3)cc2)cn1)C(F)n1cnnn1. The Morgan fingerprint density at radius 1 is 0.857 bits per heavy atom. The van der Waals surface area contributed by atoms with E-state index >= 15 is 0 Å². The number of halogens is 5. The normalized spacial score (nSPS) is 16.5. The molecule has 3 atom stereocenters. The maximum absolute atomic E-state index is 14.7. The number of hydrogen-bond acceptors (Lipinski definition) is 8. The fourth-order valence-electron chi connectivity index (χ4n) is 4.91. The van der Waals surface area contributed by atoms with Gasteiger partial charge in [0.1, 0.15) is 12.4 Å². The largest absolute Gasteiger partial charge is 0.449 e. The van der Waals surface area contributed by atoms with Crippen LogP contribution in [0.4, 0.5) is 33.3 Å². The Morgan fingerprint density at radius 3 is 2.14 bits per heavy atom. The van der Waals surface area contributed by atoms with Gasteiger partial charge in [-0.2, -0.15) is 17.9 Å². The zero-order valence-electron chi connectivity index (χ0n) is 21.8. The molecule has 218 valence electrons. The lowest BCUT2D eigenvalue weighted by Crippen LogP contribution is -2.46. The first-order valence-corrected chi connectivity index (χ1v) is 13.0. The van der Waals surface area contributed by atoms with Gasteiger partial charge in [-0.25, -0.2) is 13.8 Å². The molecule has 4 heterocycles. The molecule has 0 bridgehead atoms. The van der Waals surface area contributed by atoms with Crippen molar-refractivity contribution in [3.8, 4) is 11.1 Å². The van der Waals surface area contributed by atoms with Crippen LogP contribution in [0.1, 0.15) is 24.0 Å². The lowest BCUT2D eigenvalue weighted by molar-refractivity contribution is -0.144. The Morgan fingerprint density at radius 2 is 1.52 bits per heavy atom. The molecule has 0 radical (unpaired) electrons. The lowest BCUT2D eigenvalue weighted by atomic mass is 10.0. The highest BCUT2D eigenvalue weighted by Crippen LogP contribution is 2.32. The monoisotopic (exact) mass is 585 g/mol. The summed E-state index contributed by atoms with van der Waals surface area (Å²) in [5.74, 6) is -1.01. The number of nitrogens with zero attached hydrogens (tertiary/aromatic N) is 8. The van der Waals surface area contributed by atoms with E-state index in [2.05, 4.69) is 40.3 Å². The van der Waals surface area contributed by atoms with Crippen LogP contribution in [0.15, 0.2) is 67.1 Å². The molecule has 5 aromatic rings. The van der Waals surface area contributed by atoms with Crippen LogP contribution < -0.4 is 9.80 Å². The number of piperazine rings is 1. The van der Waals surface area contributed by atoms with Gasteiger partial charge in [0.25, 0.3) is 0 Å². The number of aliphatic hydroxyl groups is 1. The van der Waals surface area contributed by atoms with Crippen molar-refractivity contribution in [2.75, 3.05) is 36.0 Å². The van der Waals surface area contributed by atoms with E-state index in [0.717, 1.165) is 28.8 Å². The smallest absolute Gasteiger partial charge is 0.385 e. The third-order valence-corrected chi connectivity index (χ3v) is 7.21. The van der Waals surface area contributed by atoms with Gasteiger partial charge in [-0.05, 0) is 52.4 Å². The van der Waals surface area contributed by atoms with Crippen molar-refractivity contribution >= 4 is 22.4 Å². The topological polar surface area (TPSA) is 112 Å². The molecular formula is C27H24F5N9O. The summed E-state index contributed by atoms with van der Waals surface area (Å²) in [6.45, 7) is 2.79. The molecular weight excluding hydrogens is 561 g/mol. The summed E-state index contributed by atoms with van der Waals surface area (Å²) in [6, 6.07) is 15.9. The number of pyridine rings is 1. The van der Waals surface area contributed by atoms with Gasteiger partial charge in [-0.15, -0.1) is 5.10 Å². The van der Waals surface area contributed by atoms with Crippen LogP contribution >= 0.6 is 0 Å². The first-order chi connectivity index (χ1) is 20.2. The fourth-order valence-corrected chi connectivity index (χ4v) is 4.91. The molecule has 0 amide bonds. The number of tetrazole rings is 1. The zero-order chi connectivity index (χ0) is 29.4. The zero-order valence-corrected chi connectivity index (χ0v) is 21.8. The van der Waals surface area contributed by atoms with E-state index < -0.39 is 30.6 Å². The van der Waals surface area contributed by atoms with Crippen molar-refractivity contribution in [3.05, 3.63) is 78.6 Å². The van der Waals surface area contributed by atoms with Crippen LogP contribution in [-0.4, -0.2) is 72.5 Å². The van der Waals surface area contributed by atoms with Crippen molar-refractivity contribution in [2.24, 2.45) is 0 Å². The maximum Gasteiger partial charge on any atom is 0.449 e. The molecule has 3 aromatic heterocycles. The van der Waals surface area contributed by atoms with Gasteiger partial charge >= 0.3 is 6.18 Å². The minimum Gasteiger partial charge on any atom is -0.385 e. The molecule has 3 unspecified atom stereocenters. The van der Waals surface area contributed by atoms with E-state index in [1.165, 1.54) is 12.3 Å². The molecule has 42 heavy (non-hydrogen) atoms. The molecule has 10 nitrogen and oxygen atoms in total. The molecule has 1 saturated heterocycles. The minimum atomic E-state index is -4.53. The second kappa shape index (κ2) is 11.0. The van der Waals surface area contributed by atoms with Crippen LogP contribution in [0.2, 0.25) is 0 Å². The number of nitrogens with one attached hydrogen (secondary N) is 1. The highest BCUT2D eigenvalue weighted by atomic mass is 19.4. The average molecular weight is 586 g/mol. The number of rotatable bonds is 7. The number of alkyl halides is 5. The number of anilines is 2. The van der Waals surface area contributed by atoms with E-state index in [1.54, 1.807) is 24.3 Å². The van der Waals surface area contributed by atoms with Gasteiger partial charge in [-0.3, -0.25) is 4.98 Å². The number of aliphatic hydroxyl groups excluding tert-OH is 1. The molecule has 0 spiro atoms. The quantitative estimate of drug-likeness (QED) is 0.269. The highest BCUT2D eigenvalue weighted by Gasteiger charge is 2.35. The molecule has 1 aliphatic heterocycles. The number of benzene rings is 2. The Hall–Kier alpha value is -4.66. The van der Waals surface area contributed by atoms with Crippen molar-refractivity contribution in [1.29, 1.82) is 0 Å². The van der Waals surface area contributed by atoms with Gasteiger partial charge < -0.3 is 19.9 Å². The van der Waals surface area contributed by atoms with Crippen molar-refractivity contribution < 1.29 is 27.1 Å². The van der Waals surface area contributed by atoms with Crippen LogP contribution in [0.5, 0.6) is 0 Å². The third kappa shape index (κ3) is 5.46. The lowest BCUT2D eigenvalue weighted by Gasteiger charge is -2.37. The van der Waals surface area contributed by atoms with Gasteiger partial charge in [0.15, 0.2) is 6.17 Å². The van der Waals surface area contributed by atoms with E-state index in [0.29, 0.717) is 36.4 Å². The summed E-state index contributed by atoms with van der Waals surface area (Å²) < 4.78 is 68.6. The number of fused-ring (bicyclic) bond motifs is 1. The summed E-state index contributed by atoms with van der Waals surface area (Å²) in [5, 5.41) is 19.9. The predicted molar refractivity (Wildman–Crippen MR) is 143 cm³/mol. The summed E-state index contributed by atoms with van der Waals surface area (Å²) in [7, 11) is 0. The number of imidazole rings is 1. The van der Waals surface area contributed by atoms with Crippen LogP contribution in [-0.2, 0) is 6.18 Å². The third-order valence-electron chi connectivity index (χ3n) is 7.21. The summed E-state index contributed by atoms with van der Waals surface area (Å²) in [5.41, 5.74) is 3.88. The molecule has 1 aliphatic rings. The number of H-pyrrole nitrogens is 1. The Labute approximate surface area is 235 Å². The predicted octanol–water partition coefficient (Wildman–Crippen LogP) is 4.50. The van der Waals surface area contributed by atoms with Gasteiger partial charge in [0.2, 0.25) is 12.1 Å². The fraction of sp³-hybridized carbons (Fsp3) is 0.296. The molecule has 15 heteroatoms. The molecule has 2 aromatic carbocycles. The minimum absolute atomic E-state index is 0.121. The number of hydrogen-bond donors (Lipinski definition) is 2. The van der Waals surface area contributed by atoms with Crippen molar-refractivity contribution in [1.82, 2.24) is 35.2 Å². The molecule has 2 N–H and O–H groups in total. The maximum atomic E-state index is 14.7. The molecule has 0 aliphatic carbocycles. The Kier molecular flexibility index (Phi) is 7.18. The molecule has 0 saturated carbocycles. The van der Waals surface area contributed by atoms with E-state index in [-0.39, 0.29) is 11.2 Å². The highest BCUT2D eigenvalue weighted by molar-refractivity contribution is 5.80. The van der Waals surface area contributed by atoms with Gasteiger partial charge in [0, 0.05) is 49.3 Å². The second-order valence-corrected chi connectivity index (χ2v) is 9.83. The molecule has 1 fully saturated rings. The van der Waals surface area contributed by atoms with Crippen molar-refractivity contribution in [2.45, 2.75) is 24.7 Å². The van der Waals surface area contributed by atoms with Crippen molar-refractivity contribution in [3.63, 3.8) is 0 Å². The van der Waals surface area contributed by atoms with E-state index in [1.807, 2.05) is 24.3 Å². The Balaban J connectivity index is 1.07. The molecule has 6 rings (SSSR count). The van der Waals surface area contributed by atoms with E-state index in [4.69, 9.17) is 0 Å². The number of aromatic nitrogens is 7. The summed E-state index contributed by atoms with van der Waals surface area (Å²) in [4.78, 5) is 14.4. The Bertz CT molecular complexity index is 1630. The first-order valence-electron chi connectivity index (χ1n) is 13.0. The second-order valence-electron chi connectivity index (χ2n) is 9.83.